The van der Waals surface area contributed by atoms with Crippen molar-refractivity contribution in [3.8, 4) is 5.88 Å². The normalized spacial score (nSPS) is 11.5. The minimum absolute atomic E-state index is 0.184. The lowest BCUT2D eigenvalue weighted by Gasteiger charge is -2.36. The zero-order chi connectivity index (χ0) is 22.8. The fourth-order valence-electron chi connectivity index (χ4n) is 4.49. The van der Waals surface area contributed by atoms with Crippen LogP contribution in [0.25, 0.3) is 10.9 Å². The molecule has 0 saturated carbocycles. The van der Waals surface area contributed by atoms with Gasteiger partial charge >= 0.3 is 0 Å². The molecular weight excluding hydrogens is 434 g/mol. The van der Waals surface area contributed by atoms with E-state index >= 15 is 0 Å². The van der Waals surface area contributed by atoms with Gasteiger partial charge in [0.15, 0.2) is 6.29 Å². The van der Waals surface area contributed by atoms with E-state index in [1.165, 1.54) is 7.11 Å². The molecule has 5 rings (SSSR count). The summed E-state index contributed by atoms with van der Waals surface area (Å²) in [6.45, 7) is 0. The molecule has 162 valence electrons. The lowest BCUT2D eigenvalue weighted by atomic mass is 9.77. The van der Waals surface area contributed by atoms with Gasteiger partial charge in [-0.2, -0.15) is 0 Å². The molecule has 0 spiro atoms. The van der Waals surface area contributed by atoms with Gasteiger partial charge in [0.25, 0.3) is 0 Å². The molecule has 6 heteroatoms. The zero-order valence-corrected chi connectivity index (χ0v) is 18.6. The Bertz CT molecular complexity index is 1320. The Hall–Kier alpha value is -3.96. The highest BCUT2D eigenvalue weighted by atomic mass is 35.5. The summed E-state index contributed by atoms with van der Waals surface area (Å²) in [5.41, 5.74) is 2.94. The van der Waals surface area contributed by atoms with Crippen LogP contribution in [-0.2, 0) is 5.54 Å². The molecule has 0 amide bonds. The molecule has 0 aliphatic carbocycles. The van der Waals surface area contributed by atoms with E-state index in [1.807, 2.05) is 59.3 Å². The summed E-state index contributed by atoms with van der Waals surface area (Å²) in [6, 6.07) is 32.1. The number of pyridine rings is 1. The number of nitrogens with zero attached hydrogens (tertiary/aromatic N) is 3. The van der Waals surface area contributed by atoms with Crippen LogP contribution in [0.1, 0.15) is 27.2 Å². The minimum Gasteiger partial charge on any atom is -0.479 e. The maximum Gasteiger partial charge on any atom is 0.242 e. The minimum atomic E-state index is -0.871. The van der Waals surface area contributed by atoms with Crippen LogP contribution in [0.15, 0.2) is 97.1 Å². The molecular formula is C27H20ClN3O2. The van der Waals surface area contributed by atoms with Crippen LogP contribution >= 0.6 is 11.6 Å². The molecule has 0 radical (unpaired) electrons. The number of aldehydes is 1. The Morgan fingerprint density at radius 1 is 0.848 bits per heavy atom. The predicted octanol–water partition coefficient (Wildman–Crippen LogP) is 5.75. The smallest absolute Gasteiger partial charge is 0.242 e. The van der Waals surface area contributed by atoms with E-state index in [0.29, 0.717) is 23.1 Å². The van der Waals surface area contributed by atoms with E-state index in [2.05, 4.69) is 41.4 Å². The number of ether oxygens (including phenoxy) is 1. The quantitative estimate of drug-likeness (QED) is 0.187. The first-order valence-electron chi connectivity index (χ1n) is 10.5. The van der Waals surface area contributed by atoms with E-state index in [4.69, 9.17) is 21.4 Å². The fourth-order valence-corrected chi connectivity index (χ4v) is 4.68. The molecule has 0 fully saturated rings. The summed E-state index contributed by atoms with van der Waals surface area (Å²) in [5, 5.41) is 5.62. The largest absolute Gasteiger partial charge is 0.479 e. The highest BCUT2D eigenvalue weighted by Crippen LogP contribution is 2.44. The molecule has 0 aliphatic rings. The molecule has 0 N–H and O–H groups in total. The molecule has 2 heterocycles. The Morgan fingerprint density at radius 2 is 1.33 bits per heavy atom. The standard InChI is InChI=1S/C27H20ClN3O2/c1-33-26-25-22(18-32)29-24(28)17-23(25)31(30-26)27(19-11-5-2-6-12-19,20-13-7-3-8-14-20)21-15-9-4-10-16-21/h2-18H,1H3. The van der Waals surface area contributed by atoms with Crippen LogP contribution < -0.4 is 4.74 Å². The molecule has 0 bridgehead atoms. The van der Waals surface area contributed by atoms with E-state index in [1.54, 1.807) is 6.07 Å². The van der Waals surface area contributed by atoms with Crippen LogP contribution in [0.5, 0.6) is 5.88 Å². The highest BCUT2D eigenvalue weighted by molar-refractivity contribution is 6.30. The lowest BCUT2D eigenvalue weighted by molar-refractivity contribution is 0.112. The van der Waals surface area contributed by atoms with Gasteiger partial charge in [0.05, 0.1) is 18.0 Å². The van der Waals surface area contributed by atoms with Crippen molar-refractivity contribution >= 4 is 28.8 Å². The van der Waals surface area contributed by atoms with Crippen LogP contribution in [0.4, 0.5) is 0 Å². The summed E-state index contributed by atoms with van der Waals surface area (Å²) in [5.74, 6) is 0.309. The number of benzene rings is 3. The van der Waals surface area contributed by atoms with Crippen molar-refractivity contribution in [1.29, 1.82) is 0 Å². The third-order valence-corrected chi connectivity index (χ3v) is 6.02. The number of carbonyl (C=O) groups excluding carboxylic acids is 1. The van der Waals surface area contributed by atoms with Crippen molar-refractivity contribution in [2.75, 3.05) is 7.11 Å². The first-order valence-corrected chi connectivity index (χ1v) is 10.8. The first kappa shape index (κ1) is 20.9. The molecule has 5 aromatic rings. The monoisotopic (exact) mass is 453 g/mol. The van der Waals surface area contributed by atoms with Gasteiger partial charge in [0, 0.05) is 6.07 Å². The van der Waals surface area contributed by atoms with Gasteiger partial charge < -0.3 is 4.74 Å². The number of methoxy groups -OCH3 is 1. The highest BCUT2D eigenvalue weighted by Gasteiger charge is 2.41. The molecule has 0 unspecified atom stereocenters. The summed E-state index contributed by atoms with van der Waals surface area (Å²) in [7, 11) is 1.53. The van der Waals surface area contributed by atoms with Crippen LogP contribution in [-0.4, -0.2) is 28.2 Å². The van der Waals surface area contributed by atoms with E-state index < -0.39 is 5.54 Å². The number of aromatic nitrogens is 3. The van der Waals surface area contributed by atoms with Crippen molar-refractivity contribution in [3.63, 3.8) is 0 Å². The van der Waals surface area contributed by atoms with E-state index in [0.717, 1.165) is 16.7 Å². The molecule has 2 aromatic heterocycles. The van der Waals surface area contributed by atoms with Crippen molar-refractivity contribution in [1.82, 2.24) is 14.8 Å². The van der Waals surface area contributed by atoms with Gasteiger partial charge in [-0.05, 0) is 16.7 Å². The van der Waals surface area contributed by atoms with Gasteiger partial charge in [0.2, 0.25) is 5.88 Å². The number of hydrogen-bond donors (Lipinski definition) is 0. The number of rotatable bonds is 6. The maximum atomic E-state index is 11.9. The molecule has 0 atom stereocenters. The fraction of sp³-hybridized carbons (Fsp3) is 0.0741. The molecule has 3 aromatic carbocycles. The van der Waals surface area contributed by atoms with E-state index in [9.17, 15) is 4.79 Å². The second-order valence-electron chi connectivity index (χ2n) is 7.57. The van der Waals surface area contributed by atoms with Crippen molar-refractivity contribution in [3.05, 3.63) is 125 Å². The maximum absolute atomic E-state index is 11.9. The summed E-state index contributed by atoms with van der Waals surface area (Å²) in [4.78, 5) is 16.1. The van der Waals surface area contributed by atoms with Gasteiger partial charge in [-0.3, -0.25) is 4.79 Å². The average molecular weight is 454 g/mol. The molecule has 0 aliphatic heterocycles. The molecule has 5 nitrogen and oxygen atoms in total. The number of hydrogen-bond acceptors (Lipinski definition) is 4. The van der Waals surface area contributed by atoms with Gasteiger partial charge in [0.1, 0.15) is 16.4 Å². The summed E-state index contributed by atoms with van der Waals surface area (Å²) in [6.07, 6.45) is 0.679. The van der Waals surface area contributed by atoms with Crippen LogP contribution in [0, 0.1) is 0 Å². The van der Waals surface area contributed by atoms with Crippen molar-refractivity contribution in [2.45, 2.75) is 5.54 Å². The van der Waals surface area contributed by atoms with E-state index in [-0.39, 0.29) is 10.8 Å². The Morgan fingerprint density at radius 3 is 1.76 bits per heavy atom. The second kappa shape index (κ2) is 8.52. The first-order chi connectivity index (χ1) is 16.2. The second-order valence-corrected chi connectivity index (χ2v) is 7.96. The lowest BCUT2D eigenvalue weighted by Crippen LogP contribution is -2.38. The Labute approximate surface area is 196 Å². The SMILES string of the molecule is COc1nn(C(c2ccccc2)(c2ccccc2)c2ccccc2)c2cc(Cl)nc(C=O)c12. The van der Waals surface area contributed by atoms with Crippen LogP contribution in [0.3, 0.4) is 0 Å². The topological polar surface area (TPSA) is 57.0 Å². The van der Waals surface area contributed by atoms with Crippen LogP contribution in [0.2, 0.25) is 5.15 Å². The molecule has 33 heavy (non-hydrogen) atoms. The number of fused-ring (bicyclic) bond motifs is 1. The average Bonchev–Trinajstić information content (AvgIpc) is 3.25. The summed E-state index contributed by atoms with van der Waals surface area (Å²) < 4.78 is 7.51. The van der Waals surface area contributed by atoms with Crippen molar-refractivity contribution < 1.29 is 9.53 Å². The predicted molar refractivity (Wildman–Crippen MR) is 129 cm³/mol. The number of carbonyl (C=O) groups is 1. The Balaban J connectivity index is 2.02. The van der Waals surface area contributed by atoms with Gasteiger partial charge in [-0.1, -0.05) is 103 Å². The molecule has 0 saturated heterocycles. The zero-order valence-electron chi connectivity index (χ0n) is 17.9. The Kier molecular flexibility index (Phi) is 5.40. The third kappa shape index (κ3) is 3.29. The van der Waals surface area contributed by atoms with Gasteiger partial charge in [-0.25, -0.2) is 9.67 Å². The summed E-state index contributed by atoms with van der Waals surface area (Å²) >= 11 is 6.36. The van der Waals surface area contributed by atoms with Gasteiger partial charge in [-0.15, -0.1) is 5.10 Å². The third-order valence-electron chi connectivity index (χ3n) is 5.83. The van der Waals surface area contributed by atoms with Crippen molar-refractivity contribution in [2.24, 2.45) is 0 Å². The number of halogens is 1.